The number of hydrogen-bond donors (Lipinski definition) is 1. The van der Waals surface area contributed by atoms with Crippen LogP contribution in [0.3, 0.4) is 0 Å². The zero-order chi connectivity index (χ0) is 13.1. The minimum Gasteiger partial charge on any atom is -0.322 e. The summed E-state index contributed by atoms with van der Waals surface area (Å²) in [4.78, 5) is 0. The summed E-state index contributed by atoms with van der Waals surface area (Å²) in [6.07, 6.45) is 7.80. The highest BCUT2D eigenvalue weighted by molar-refractivity contribution is 6.31. The summed E-state index contributed by atoms with van der Waals surface area (Å²) in [5.41, 5.74) is 7.49. The van der Waals surface area contributed by atoms with Crippen molar-refractivity contribution in [3.63, 3.8) is 0 Å². The van der Waals surface area contributed by atoms with Gasteiger partial charge in [-0.1, -0.05) is 38.3 Å². The molecule has 1 aliphatic carbocycles. The lowest BCUT2D eigenvalue weighted by molar-refractivity contribution is 0.249. The van der Waals surface area contributed by atoms with E-state index in [-0.39, 0.29) is 6.04 Å². The third kappa shape index (κ3) is 2.89. The first-order valence-electron chi connectivity index (χ1n) is 7.10. The first-order chi connectivity index (χ1) is 8.63. The summed E-state index contributed by atoms with van der Waals surface area (Å²) >= 11 is 6.26. The van der Waals surface area contributed by atoms with E-state index in [2.05, 4.69) is 18.9 Å². The smallest absolute Gasteiger partial charge is 0.0834 e. The van der Waals surface area contributed by atoms with Gasteiger partial charge >= 0.3 is 0 Å². The van der Waals surface area contributed by atoms with Crippen molar-refractivity contribution in [2.45, 2.75) is 58.5 Å². The van der Waals surface area contributed by atoms with Gasteiger partial charge in [-0.05, 0) is 31.1 Å². The molecule has 2 N–H and O–H groups in total. The fraction of sp³-hybridized carbons (Fsp3) is 0.786. The van der Waals surface area contributed by atoms with Gasteiger partial charge in [-0.15, -0.1) is 0 Å². The molecule has 3 nitrogen and oxygen atoms in total. The van der Waals surface area contributed by atoms with Gasteiger partial charge in [0.2, 0.25) is 0 Å². The Bertz CT molecular complexity index is 380. The van der Waals surface area contributed by atoms with Crippen molar-refractivity contribution in [3.8, 4) is 0 Å². The zero-order valence-electron chi connectivity index (χ0n) is 11.4. The largest absolute Gasteiger partial charge is 0.322 e. The molecule has 4 heteroatoms. The monoisotopic (exact) mass is 269 g/mol. The maximum absolute atomic E-state index is 6.45. The quantitative estimate of drug-likeness (QED) is 0.904. The molecule has 1 aromatic heterocycles. The van der Waals surface area contributed by atoms with E-state index >= 15 is 0 Å². The molecule has 1 heterocycles. The van der Waals surface area contributed by atoms with Gasteiger partial charge in [0.25, 0.3) is 0 Å². The molecule has 1 unspecified atom stereocenters. The lowest BCUT2D eigenvalue weighted by Gasteiger charge is -2.31. The van der Waals surface area contributed by atoms with Gasteiger partial charge in [-0.2, -0.15) is 5.10 Å². The number of rotatable bonds is 4. The maximum atomic E-state index is 6.45. The summed E-state index contributed by atoms with van der Waals surface area (Å²) in [6, 6.07) is 0.0408. The topological polar surface area (TPSA) is 43.8 Å². The average Bonchev–Trinajstić information content (AvgIpc) is 2.71. The summed E-state index contributed by atoms with van der Waals surface area (Å²) < 4.78 is 1.99. The predicted molar refractivity (Wildman–Crippen MR) is 75.6 cm³/mol. The molecule has 0 aromatic carbocycles. The molecule has 18 heavy (non-hydrogen) atoms. The van der Waals surface area contributed by atoms with E-state index in [4.69, 9.17) is 17.3 Å². The normalized spacial score (nSPS) is 26.2. The summed E-state index contributed by atoms with van der Waals surface area (Å²) in [5, 5.41) is 5.07. The predicted octanol–water partition coefficient (Wildman–Crippen LogP) is 3.77. The van der Waals surface area contributed by atoms with Gasteiger partial charge in [0.15, 0.2) is 0 Å². The van der Waals surface area contributed by atoms with Crippen LogP contribution in [0.15, 0.2) is 6.20 Å². The Kier molecular flexibility index (Phi) is 4.68. The summed E-state index contributed by atoms with van der Waals surface area (Å²) in [7, 11) is 0. The van der Waals surface area contributed by atoms with Crippen LogP contribution in [-0.4, -0.2) is 9.78 Å². The SMILES string of the molecule is CCCn1ncc(Cl)c1C(N)C1CCC(C)CC1. The Labute approximate surface area is 115 Å². The molecule has 2 rings (SSSR count). The number of aromatic nitrogens is 2. The molecule has 1 fully saturated rings. The van der Waals surface area contributed by atoms with Gasteiger partial charge in [0.1, 0.15) is 0 Å². The molecular weight excluding hydrogens is 246 g/mol. The fourth-order valence-electron chi connectivity index (χ4n) is 2.96. The molecule has 102 valence electrons. The van der Waals surface area contributed by atoms with Crippen molar-refractivity contribution in [1.29, 1.82) is 0 Å². The number of nitrogens with zero attached hydrogens (tertiary/aromatic N) is 2. The van der Waals surface area contributed by atoms with E-state index < -0.39 is 0 Å². The van der Waals surface area contributed by atoms with Crippen molar-refractivity contribution in [3.05, 3.63) is 16.9 Å². The molecule has 1 atom stereocenters. The Balaban J connectivity index is 2.12. The van der Waals surface area contributed by atoms with E-state index in [0.29, 0.717) is 5.92 Å². The van der Waals surface area contributed by atoms with Gasteiger partial charge in [-0.3, -0.25) is 4.68 Å². The number of halogens is 1. The van der Waals surface area contributed by atoms with Crippen LogP contribution in [0, 0.1) is 11.8 Å². The van der Waals surface area contributed by atoms with Crippen LogP contribution in [0.25, 0.3) is 0 Å². The first kappa shape index (κ1) is 13.9. The second-order valence-corrected chi connectivity index (χ2v) is 6.05. The first-order valence-corrected chi connectivity index (χ1v) is 7.48. The van der Waals surface area contributed by atoms with E-state index in [1.807, 2.05) is 4.68 Å². The van der Waals surface area contributed by atoms with Crippen LogP contribution < -0.4 is 5.73 Å². The molecule has 1 aliphatic rings. The third-order valence-electron chi connectivity index (χ3n) is 4.15. The van der Waals surface area contributed by atoms with Gasteiger partial charge < -0.3 is 5.73 Å². The minimum atomic E-state index is 0.0408. The van der Waals surface area contributed by atoms with E-state index in [1.165, 1.54) is 25.7 Å². The number of nitrogens with two attached hydrogens (primary N) is 1. The van der Waals surface area contributed by atoms with Crippen molar-refractivity contribution >= 4 is 11.6 Å². The Hall–Kier alpha value is -0.540. The lowest BCUT2D eigenvalue weighted by atomic mass is 9.78. The van der Waals surface area contributed by atoms with E-state index in [1.54, 1.807) is 6.20 Å². The highest BCUT2D eigenvalue weighted by Crippen LogP contribution is 2.37. The Morgan fingerprint density at radius 2 is 2.11 bits per heavy atom. The van der Waals surface area contributed by atoms with Gasteiger partial charge in [0.05, 0.1) is 23.0 Å². The minimum absolute atomic E-state index is 0.0408. The molecule has 0 bridgehead atoms. The van der Waals surface area contributed by atoms with E-state index in [9.17, 15) is 0 Å². The fourth-order valence-corrected chi connectivity index (χ4v) is 3.23. The molecule has 1 aromatic rings. The van der Waals surface area contributed by atoms with Crippen molar-refractivity contribution < 1.29 is 0 Å². The highest BCUT2D eigenvalue weighted by atomic mass is 35.5. The lowest BCUT2D eigenvalue weighted by Crippen LogP contribution is -2.28. The molecule has 0 saturated heterocycles. The van der Waals surface area contributed by atoms with Crippen molar-refractivity contribution in [1.82, 2.24) is 9.78 Å². The van der Waals surface area contributed by atoms with Crippen LogP contribution in [0.1, 0.15) is 57.7 Å². The van der Waals surface area contributed by atoms with Gasteiger partial charge in [0, 0.05) is 6.54 Å². The molecule has 1 saturated carbocycles. The molecule has 0 radical (unpaired) electrons. The van der Waals surface area contributed by atoms with Crippen LogP contribution in [0.2, 0.25) is 5.02 Å². The van der Waals surface area contributed by atoms with Crippen LogP contribution >= 0.6 is 11.6 Å². The molecular formula is C14H24ClN3. The second-order valence-electron chi connectivity index (χ2n) is 5.65. The van der Waals surface area contributed by atoms with Crippen LogP contribution in [0.5, 0.6) is 0 Å². The zero-order valence-corrected chi connectivity index (χ0v) is 12.2. The third-order valence-corrected chi connectivity index (χ3v) is 4.44. The summed E-state index contributed by atoms with van der Waals surface area (Å²) in [6.45, 7) is 5.38. The van der Waals surface area contributed by atoms with Crippen LogP contribution in [0.4, 0.5) is 0 Å². The van der Waals surface area contributed by atoms with Gasteiger partial charge in [-0.25, -0.2) is 0 Å². The summed E-state index contributed by atoms with van der Waals surface area (Å²) in [5.74, 6) is 1.41. The molecule has 0 aliphatic heterocycles. The highest BCUT2D eigenvalue weighted by Gasteiger charge is 2.28. The Morgan fingerprint density at radius 1 is 1.44 bits per heavy atom. The second kappa shape index (κ2) is 6.07. The van der Waals surface area contributed by atoms with Crippen LogP contribution in [-0.2, 0) is 6.54 Å². The Morgan fingerprint density at radius 3 is 2.72 bits per heavy atom. The molecule has 0 spiro atoms. The van der Waals surface area contributed by atoms with E-state index in [0.717, 1.165) is 29.6 Å². The molecule has 0 amide bonds. The maximum Gasteiger partial charge on any atom is 0.0834 e. The van der Waals surface area contributed by atoms with Crippen molar-refractivity contribution in [2.24, 2.45) is 17.6 Å². The average molecular weight is 270 g/mol. The van der Waals surface area contributed by atoms with Crippen molar-refractivity contribution in [2.75, 3.05) is 0 Å². The number of aryl methyl sites for hydroxylation is 1. The standard InChI is InChI=1S/C14H24ClN3/c1-3-8-18-14(12(15)9-17-18)13(16)11-6-4-10(2)5-7-11/h9-11,13H,3-8,16H2,1-2H3. The number of hydrogen-bond acceptors (Lipinski definition) is 2.